The van der Waals surface area contributed by atoms with E-state index < -0.39 is 0 Å². The van der Waals surface area contributed by atoms with Gasteiger partial charge in [-0.2, -0.15) is 0 Å². The average molecular weight is 346 g/mol. The van der Waals surface area contributed by atoms with E-state index in [0.717, 1.165) is 25.9 Å². The first kappa shape index (κ1) is 20.2. The van der Waals surface area contributed by atoms with Gasteiger partial charge in [-0.15, -0.1) is 12.4 Å². The summed E-state index contributed by atoms with van der Waals surface area (Å²) in [7, 11) is 0. The third-order valence-electron chi connectivity index (χ3n) is 5.16. The molecule has 1 aliphatic heterocycles. The molecule has 3 unspecified atom stereocenters. The van der Waals surface area contributed by atoms with Gasteiger partial charge < -0.3 is 15.5 Å². The summed E-state index contributed by atoms with van der Waals surface area (Å²) in [4.78, 5) is 25.9. The van der Waals surface area contributed by atoms with Crippen LogP contribution in [0.5, 0.6) is 0 Å². The molecule has 5 nitrogen and oxygen atoms in total. The maximum Gasteiger partial charge on any atom is 0.237 e. The van der Waals surface area contributed by atoms with Crippen LogP contribution in [0.3, 0.4) is 0 Å². The van der Waals surface area contributed by atoms with Crippen LogP contribution >= 0.6 is 12.4 Å². The van der Waals surface area contributed by atoms with Gasteiger partial charge in [-0.25, -0.2) is 0 Å². The second kappa shape index (κ2) is 10.1. The molecule has 0 spiro atoms. The second-order valence-corrected chi connectivity index (χ2v) is 6.57. The molecule has 134 valence electrons. The molecular weight excluding hydrogens is 314 g/mol. The Morgan fingerprint density at radius 1 is 1.17 bits per heavy atom. The lowest BCUT2D eigenvalue weighted by Crippen LogP contribution is -2.43. The summed E-state index contributed by atoms with van der Waals surface area (Å²) in [6.07, 6.45) is 7.30. The Labute approximate surface area is 146 Å². The van der Waals surface area contributed by atoms with Crippen molar-refractivity contribution in [3.05, 3.63) is 0 Å². The zero-order valence-electron chi connectivity index (χ0n) is 14.5. The fourth-order valence-corrected chi connectivity index (χ4v) is 3.83. The summed E-state index contributed by atoms with van der Waals surface area (Å²) < 4.78 is 0. The van der Waals surface area contributed by atoms with Gasteiger partial charge in [0.1, 0.15) is 0 Å². The maximum atomic E-state index is 12.2. The second-order valence-electron chi connectivity index (χ2n) is 6.57. The standard InChI is InChI=1S/C17H31N3O2.ClH/c1-3-20(4-2)16(21)10-7-11-18-17(22)15-12-13-8-5-6-9-14(13)19-15;/h13-15,19H,3-12H2,1-2H3,(H,18,22);1H. The predicted octanol–water partition coefficient (Wildman–Crippen LogP) is 2.09. The van der Waals surface area contributed by atoms with Crippen LogP contribution in [0.4, 0.5) is 0 Å². The van der Waals surface area contributed by atoms with Crippen molar-refractivity contribution in [3.63, 3.8) is 0 Å². The van der Waals surface area contributed by atoms with Crippen LogP contribution in [-0.2, 0) is 9.59 Å². The molecule has 3 atom stereocenters. The molecule has 0 aromatic rings. The fourth-order valence-electron chi connectivity index (χ4n) is 3.83. The van der Waals surface area contributed by atoms with Crippen molar-refractivity contribution in [1.82, 2.24) is 15.5 Å². The van der Waals surface area contributed by atoms with Crippen LogP contribution in [0.15, 0.2) is 0 Å². The molecule has 0 radical (unpaired) electrons. The predicted molar refractivity (Wildman–Crippen MR) is 94.7 cm³/mol. The van der Waals surface area contributed by atoms with E-state index in [-0.39, 0.29) is 30.3 Å². The molecule has 2 aliphatic rings. The monoisotopic (exact) mass is 345 g/mol. The van der Waals surface area contributed by atoms with Crippen LogP contribution in [0.25, 0.3) is 0 Å². The molecule has 2 amide bonds. The van der Waals surface area contributed by atoms with Crippen LogP contribution in [0, 0.1) is 5.92 Å². The summed E-state index contributed by atoms with van der Waals surface area (Å²) in [5, 5.41) is 6.48. The Kier molecular flexibility index (Phi) is 8.92. The Morgan fingerprint density at radius 3 is 2.52 bits per heavy atom. The third kappa shape index (κ3) is 5.64. The first-order chi connectivity index (χ1) is 10.7. The number of fused-ring (bicyclic) bond motifs is 1. The van der Waals surface area contributed by atoms with Crippen molar-refractivity contribution in [1.29, 1.82) is 0 Å². The van der Waals surface area contributed by atoms with E-state index in [1.807, 2.05) is 18.7 Å². The van der Waals surface area contributed by atoms with Gasteiger partial charge >= 0.3 is 0 Å². The van der Waals surface area contributed by atoms with E-state index >= 15 is 0 Å². The topological polar surface area (TPSA) is 61.4 Å². The number of nitrogens with zero attached hydrogens (tertiary/aromatic N) is 1. The van der Waals surface area contributed by atoms with Crippen molar-refractivity contribution in [2.24, 2.45) is 5.92 Å². The Balaban J connectivity index is 0.00000264. The molecule has 1 saturated heterocycles. The van der Waals surface area contributed by atoms with E-state index in [1.54, 1.807) is 0 Å². The zero-order chi connectivity index (χ0) is 15.9. The molecule has 0 bridgehead atoms. The van der Waals surface area contributed by atoms with Crippen molar-refractivity contribution in [2.75, 3.05) is 19.6 Å². The van der Waals surface area contributed by atoms with Gasteiger partial charge in [-0.1, -0.05) is 12.8 Å². The maximum absolute atomic E-state index is 12.2. The molecule has 0 aromatic heterocycles. The lowest BCUT2D eigenvalue weighted by Gasteiger charge is -2.24. The first-order valence-corrected chi connectivity index (χ1v) is 8.97. The third-order valence-corrected chi connectivity index (χ3v) is 5.16. The van der Waals surface area contributed by atoms with Crippen LogP contribution in [-0.4, -0.2) is 48.4 Å². The summed E-state index contributed by atoms with van der Waals surface area (Å²) in [6.45, 7) is 6.11. The number of nitrogens with one attached hydrogen (secondary N) is 2. The number of amides is 2. The van der Waals surface area contributed by atoms with Gasteiger partial charge in [0.05, 0.1) is 6.04 Å². The number of carbonyl (C=O) groups is 2. The SMILES string of the molecule is CCN(CC)C(=O)CCCNC(=O)C1CC2CCCCC2N1.Cl. The fraction of sp³-hybridized carbons (Fsp3) is 0.882. The summed E-state index contributed by atoms with van der Waals surface area (Å²) in [5.41, 5.74) is 0. The molecule has 1 saturated carbocycles. The zero-order valence-corrected chi connectivity index (χ0v) is 15.3. The molecule has 2 N–H and O–H groups in total. The van der Waals surface area contributed by atoms with Crippen LogP contribution in [0.1, 0.15) is 58.8 Å². The molecule has 2 fully saturated rings. The van der Waals surface area contributed by atoms with Gasteiger partial charge in [0, 0.05) is 32.1 Å². The van der Waals surface area contributed by atoms with Gasteiger partial charge in [0.25, 0.3) is 0 Å². The first-order valence-electron chi connectivity index (χ1n) is 8.97. The largest absolute Gasteiger partial charge is 0.355 e. The van der Waals surface area contributed by atoms with E-state index in [0.29, 0.717) is 24.9 Å². The van der Waals surface area contributed by atoms with Crippen molar-refractivity contribution in [2.45, 2.75) is 70.9 Å². The van der Waals surface area contributed by atoms with Gasteiger partial charge in [-0.05, 0) is 45.4 Å². The Hall–Kier alpha value is -0.810. The Bertz CT molecular complexity index is 374. The van der Waals surface area contributed by atoms with Crippen molar-refractivity contribution < 1.29 is 9.59 Å². The smallest absolute Gasteiger partial charge is 0.237 e. The van der Waals surface area contributed by atoms with E-state index in [9.17, 15) is 9.59 Å². The van der Waals surface area contributed by atoms with E-state index in [4.69, 9.17) is 0 Å². The van der Waals surface area contributed by atoms with Crippen LogP contribution in [0.2, 0.25) is 0 Å². The number of rotatable bonds is 7. The number of hydrogen-bond acceptors (Lipinski definition) is 3. The minimum absolute atomic E-state index is 0. The van der Waals surface area contributed by atoms with E-state index in [1.165, 1.54) is 25.7 Å². The Morgan fingerprint density at radius 2 is 1.87 bits per heavy atom. The highest BCUT2D eigenvalue weighted by Crippen LogP contribution is 2.33. The molecule has 2 rings (SSSR count). The van der Waals surface area contributed by atoms with Crippen molar-refractivity contribution in [3.8, 4) is 0 Å². The molecule has 1 aliphatic carbocycles. The van der Waals surface area contributed by atoms with E-state index in [2.05, 4.69) is 10.6 Å². The number of carbonyl (C=O) groups excluding carboxylic acids is 2. The highest BCUT2D eigenvalue weighted by atomic mass is 35.5. The molecule has 23 heavy (non-hydrogen) atoms. The van der Waals surface area contributed by atoms with Gasteiger partial charge in [0.15, 0.2) is 0 Å². The summed E-state index contributed by atoms with van der Waals surface area (Å²) >= 11 is 0. The van der Waals surface area contributed by atoms with Gasteiger partial charge in [0.2, 0.25) is 11.8 Å². The number of hydrogen-bond donors (Lipinski definition) is 2. The molecule has 1 heterocycles. The van der Waals surface area contributed by atoms with Gasteiger partial charge in [-0.3, -0.25) is 9.59 Å². The highest BCUT2D eigenvalue weighted by molar-refractivity contribution is 5.85. The lowest BCUT2D eigenvalue weighted by atomic mass is 9.85. The molecule has 0 aromatic carbocycles. The van der Waals surface area contributed by atoms with Crippen LogP contribution < -0.4 is 10.6 Å². The summed E-state index contributed by atoms with van der Waals surface area (Å²) in [6, 6.07) is 0.528. The highest BCUT2D eigenvalue weighted by Gasteiger charge is 2.37. The quantitative estimate of drug-likeness (QED) is 0.694. The lowest BCUT2D eigenvalue weighted by molar-refractivity contribution is -0.131. The minimum Gasteiger partial charge on any atom is -0.355 e. The van der Waals surface area contributed by atoms with Crippen molar-refractivity contribution >= 4 is 24.2 Å². The number of halogens is 1. The average Bonchev–Trinajstić information content (AvgIpc) is 2.96. The summed E-state index contributed by atoms with van der Waals surface area (Å²) in [5.74, 6) is 0.989. The molecular formula is C17H32ClN3O2. The molecule has 6 heteroatoms. The minimum atomic E-state index is -0.0217. The normalized spacial score (nSPS) is 26.1.